The number of nitrogens with zero attached hydrogens (tertiary/aromatic N) is 2. The highest BCUT2D eigenvalue weighted by Gasteiger charge is 2.20. The zero-order valence-electron chi connectivity index (χ0n) is 12.5. The minimum atomic E-state index is 0.692. The van der Waals surface area contributed by atoms with Crippen LogP contribution in [0.3, 0.4) is 0 Å². The molecule has 3 nitrogen and oxygen atoms in total. The van der Waals surface area contributed by atoms with Gasteiger partial charge in [0.1, 0.15) is 5.82 Å². The topological polar surface area (TPSA) is 28.2 Å². The van der Waals surface area contributed by atoms with Crippen molar-refractivity contribution in [1.29, 1.82) is 0 Å². The van der Waals surface area contributed by atoms with Gasteiger partial charge in [-0.3, -0.25) is 0 Å². The minimum absolute atomic E-state index is 0.692. The van der Waals surface area contributed by atoms with Crippen LogP contribution >= 0.6 is 0 Å². The fraction of sp³-hybridized carbons (Fsp3) is 0.688. The molecule has 0 bridgehead atoms. The molecule has 2 rings (SSSR count). The number of hydrogen-bond donors (Lipinski definition) is 1. The zero-order valence-corrected chi connectivity index (χ0v) is 12.5. The van der Waals surface area contributed by atoms with Crippen LogP contribution in [0.2, 0.25) is 0 Å². The third-order valence-electron chi connectivity index (χ3n) is 3.92. The number of nitrogens with one attached hydrogen (secondary N) is 1. The van der Waals surface area contributed by atoms with Crippen molar-refractivity contribution in [2.24, 2.45) is 5.92 Å². The summed E-state index contributed by atoms with van der Waals surface area (Å²) in [5, 5.41) is 3.45. The lowest BCUT2D eigenvalue weighted by atomic mass is 10.2. The number of anilines is 1. The third kappa shape index (κ3) is 4.20. The second kappa shape index (κ2) is 6.90. The van der Waals surface area contributed by atoms with E-state index in [4.69, 9.17) is 0 Å². The van der Waals surface area contributed by atoms with Crippen molar-refractivity contribution < 1.29 is 0 Å². The fourth-order valence-electron chi connectivity index (χ4n) is 2.71. The van der Waals surface area contributed by atoms with Crippen molar-refractivity contribution >= 4 is 5.82 Å². The molecule has 1 aromatic rings. The van der Waals surface area contributed by atoms with Crippen molar-refractivity contribution in [3.63, 3.8) is 0 Å². The first-order chi connectivity index (χ1) is 9.16. The predicted octanol–water partition coefficient (Wildman–Crippen LogP) is 3.21. The highest BCUT2D eigenvalue weighted by atomic mass is 15.2. The van der Waals surface area contributed by atoms with Crippen molar-refractivity contribution in [1.82, 2.24) is 10.3 Å². The van der Waals surface area contributed by atoms with Crippen molar-refractivity contribution in [3.05, 3.63) is 23.9 Å². The summed E-state index contributed by atoms with van der Waals surface area (Å²) in [7, 11) is 2.18. The molecule has 0 atom stereocenters. The average molecular weight is 261 g/mol. The first-order valence-electron chi connectivity index (χ1n) is 7.55. The van der Waals surface area contributed by atoms with E-state index in [-0.39, 0.29) is 0 Å². The van der Waals surface area contributed by atoms with Crippen LogP contribution in [0.25, 0.3) is 0 Å². The molecule has 0 saturated heterocycles. The van der Waals surface area contributed by atoms with Crippen molar-refractivity contribution in [2.45, 2.75) is 52.1 Å². The molecule has 1 aliphatic rings. The molecule has 19 heavy (non-hydrogen) atoms. The Morgan fingerprint density at radius 1 is 1.32 bits per heavy atom. The molecule has 0 aromatic carbocycles. The van der Waals surface area contributed by atoms with E-state index in [9.17, 15) is 0 Å². The fourth-order valence-corrected chi connectivity index (χ4v) is 2.71. The monoisotopic (exact) mass is 261 g/mol. The van der Waals surface area contributed by atoms with Crippen molar-refractivity contribution in [3.8, 4) is 0 Å². The van der Waals surface area contributed by atoms with Crippen LogP contribution < -0.4 is 10.2 Å². The molecule has 1 N–H and O–H groups in total. The molecular weight excluding hydrogens is 234 g/mol. The minimum Gasteiger partial charge on any atom is -0.357 e. The Labute approximate surface area is 117 Å². The van der Waals surface area contributed by atoms with Gasteiger partial charge in [-0.15, -0.1) is 0 Å². The molecule has 1 saturated carbocycles. The molecule has 3 heteroatoms. The van der Waals surface area contributed by atoms with E-state index >= 15 is 0 Å². The van der Waals surface area contributed by atoms with E-state index in [1.54, 1.807) is 0 Å². The van der Waals surface area contributed by atoms with Gasteiger partial charge in [0, 0.05) is 25.8 Å². The lowest BCUT2D eigenvalue weighted by molar-refractivity contribution is 0.551. The highest BCUT2D eigenvalue weighted by Crippen LogP contribution is 2.25. The first kappa shape index (κ1) is 14.3. The highest BCUT2D eigenvalue weighted by molar-refractivity contribution is 5.39. The van der Waals surface area contributed by atoms with Gasteiger partial charge in [0.2, 0.25) is 0 Å². The lowest BCUT2D eigenvalue weighted by Gasteiger charge is -2.25. The van der Waals surface area contributed by atoms with Gasteiger partial charge < -0.3 is 10.2 Å². The van der Waals surface area contributed by atoms with Gasteiger partial charge in [-0.25, -0.2) is 4.98 Å². The molecule has 0 aliphatic heterocycles. The number of rotatable bonds is 6. The molecule has 1 heterocycles. The van der Waals surface area contributed by atoms with E-state index in [1.165, 1.54) is 31.2 Å². The molecule has 0 radical (unpaired) electrons. The van der Waals surface area contributed by atoms with Crippen molar-refractivity contribution in [2.75, 3.05) is 18.5 Å². The summed E-state index contributed by atoms with van der Waals surface area (Å²) in [6.45, 7) is 6.43. The molecule has 1 fully saturated rings. The number of hydrogen-bond acceptors (Lipinski definition) is 3. The molecule has 1 aliphatic carbocycles. The quantitative estimate of drug-likeness (QED) is 0.852. The van der Waals surface area contributed by atoms with E-state index in [0.29, 0.717) is 12.0 Å². The summed E-state index contributed by atoms with van der Waals surface area (Å²) < 4.78 is 0. The zero-order chi connectivity index (χ0) is 13.7. The van der Waals surface area contributed by atoms with Crippen LogP contribution in [-0.2, 0) is 6.54 Å². The molecule has 106 valence electrons. The van der Waals surface area contributed by atoms with E-state index in [1.807, 2.05) is 6.20 Å². The van der Waals surface area contributed by atoms with Gasteiger partial charge >= 0.3 is 0 Å². The van der Waals surface area contributed by atoms with Gasteiger partial charge in [0.15, 0.2) is 0 Å². The Bertz CT molecular complexity index is 366. The van der Waals surface area contributed by atoms with E-state index in [2.05, 4.69) is 48.2 Å². The number of aromatic nitrogens is 1. The summed E-state index contributed by atoms with van der Waals surface area (Å²) in [4.78, 5) is 6.95. The smallest absolute Gasteiger partial charge is 0.128 e. The predicted molar refractivity (Wildman–Crippen MR) is 81.4 cm³/mol. The normalized spacial score (nSPS) is 16.2. The maximum absolute atomic E-state index is 4.61. The van der Waals surface area contributed by atoms with Crippen LogP contribution in [-0.4, -0.2) is 24.6 Å². The largest absolute Gasteiger partial charge is 0.357 e. The van der Waals surface area contributed by atoms with E-state index < -0.39 is 0 Å². The lowest BCUT2D eigenvalue weighted by Crippen LogP contribution is -2.29. The molecular formula is C16H27N3. The van der Waals surface area contributed by atoms with Crippen LogP contribution in [0.1, 0.15) is 45.1 Å². The Morgan fingerprint density at radius 3 is 2.63 bits per heavy atom. The summed E-state index contributed by atoms with van der Waals surface area (Å²) in [6.07, 6.45) is 7.37. The van der Waals surface area contributed by atoms with E-state index in [0.717, 1.165) is 18.9 Å². The summed E-state index contributed by atoms with van der Waals surface area (Å²) in [5.74, 6) is 1.81. The van der Waals surface area contributed by atoms with Gasteiger partial charge in [-0.2, -0.15) is 0 Å². The average Bonchev–Trinajstić information content (AvgIpc) is 2.92. The SMILES string of the molecule is CC(C)CNCc1ccc(N(C)C2CCCC2)nc1. The molecule has 0 amide bonds. The van der Waals surface area contributed by atoms with Gasteiger partial charge in [0.25, 0.3) is 0 Å². The van der Waals surface area contributed by atoms with Crippen LogP contribution in [0.5, 0.6) is 0 Å². The molecule has 0 unspecified atom stereocenters. The van der Waals surface area contributed by atoms with Crippen LogP contribution in [0.4, 0.5) is 5.82 Å². The Kier molecular flexibility index (Phi) is 5.20. The molecule has 1 aromatic heterocycles. The number of pyridine rings is 1. The summed E-state index contributed by atoms with van der Waals surface area (Å²) in [5.41, 5.74) is 1.27. The second-order valence-corrected chi connectivity index (χ2v) is 6.10. The Hall–Kier alpha value is -1.09. The Morgan fingerprint density at radius 2 is 2.05 bits per heavy atom. The maximum Gasteiger partial charge on any atom is 0.128 e. The van der Waals surface area contributed by atoms with Gasteiger partial charge in [0.05, 0.1) is 0 Å². The Balaban J connectivity index is 1.86. The maximum atomic E-state index is 4.61. The second-order valence-electron chi connectivity index (χ2n) is 6.10. The summed E-state index contributed by atoms with van der Waals surface area (Å²) in [6, 6.07) is 5.05. The summed E-state index contributed by atoms with van der Waals surface area (Å²) >= 11 is 0. The van der Waals surface area contributed by atoms with Crippen LogP contribution in [0, 0.1) is 5.92 Å². The standard InChI is InChI=1S/C16H27N3/c1-13(2)10-17-11-14-8-9-16(18-12-14)19(3)15-6-4-5-7-15/h8-9,12-13,15,17H,4-7,10-11H2,1-3H3. The molecule has 0 spiro atoms. The third-order valence-corrected chi connectivity index (χ3v) is 3.92. The van der Waals surface area contributed by atoms with Gasteiger partial charge in [-0.05, 0) is 36.9 Å². The van der Waals surface area contributed by atoms with Crippen LogP contribution in [0.15, 0.2) is 18.3 Å². The first-order valence-corrected chi connectivity index (χ1v) is 7.55. The van der Waals surface area contributed by atoms with Gasteiger partial charge in [-0.1, -0.05) is 32.8 Å².